The van der Waals surface area contributed by atoms with Crippen LogP contribution in [0, 0.1) is 5.82 Å². The average Bonchev–Trinajstić information content (AvgIpc) is 2.63. The lowest BCUT2D eigenvalue weighted by atomic mass is 10.1. The summed E-state index contributed by atoms with van der Waals surface area (Å²) in [4.78, 5) is 1.36. The van der Waals surface area contributed by atoms with Crippen molar-refractivity contribution in [2.75, 3.05) is 32.8 Å². The molecule has 134 valence electrons. The standard InChI is InChI=1S/C18H21FN2O3S/c19-16-6-8-17(9-7-16)25(22,23)20-18(15-4-2-1-3-5-15)14-21-10-12-24-13-11-21/h1-9,18,20H,10-14H2/p+1/t18-/m1/s1. The number of rotatable bonds is 6. The van der Waals surface area contributed by atoms with Gasteiger partial charge in [0, 0.05) is 0 Å². The van der Waals surface area contributed by atoms with Crippen LogP contribution in [0.15, 0.2) is 59.5 Å². The van der Waals surface area contributed by atoms with Gasteiger partial charge in [0.15, 0.2) is 0 Å². The summed E-state index contributed by atoms with van der Waals surface area (Å²) in [5.41, 5.74) is 0.909. The quantitative estimate of drug-likeness (QED) is 0.795. The molecule has 1 aliphatic heterocycles. The minimum Gasteiger partial charge on any atom is -0.370 e. The van der Waals surface area contributed by atoms with E-state index in [9.17, 15) is 12.8 Å². The third-order valence-electron chi connectivity index (χ3n) is 4.32. The van der Waals surface area contributed by atoms with Crippen LogP contribution in [0.1, 0.15) is 11.6 Å². The van der Waals surface area contributed by atoms with E-state index in [4.69, 9.17) is 4.74 Å². The normalized spacial score (nSPS) is 17.3. The van der Waals surface area contributed by atoms with Gasteiger partial charge in [-0.15, -0.1) is 0 Å². The van der Waals surface area contributed by atoms with Gasteiger partial charge >= 0.3 is 0 Å². The topological polar surface area (TPSA) is 59.8 Å². The highest BCUT2D eigenvalue weighted by Gasteiger charge is 2.26. The van der Waals surface area contributed by atoms with Gasteiger partial charge in [-0.25, -0.2) is 12.8 Å². The van der Waals surface area contributed by atoms with E-state index in [1.807, 2.05) is 30.3 Å². The van der Waals surface area contributed by atoms with Crippen molar-refractivity contribution >= 4 is 10.0 Å². The molecule has 0 saturated carbocycles. The first-order chi connectivity index (χ1) is 12.0. The molecule has 25 heavy (non-hydrogen) atoms. The molecule has 1 saturated heterocycles. The Bertz CT molecular complexity index is 776. The number of sulfonamides is 1. The van der Waals surface area contributed by atoms with Crippen LogP contribution in [0.5, 0.6) is 0 Å². The Labute approximate surface area is 147 Å². The van der Waals surface area contributed by atoms with Gasteiger partial charge in [-0.1, -0.05) is 30.3 Å². The summed E-state index contributed by atoms with van der Waals surface area (Å²) >= 11 is 0. The van der Waals surface area contributed by atoms with Gasteiger partial charge in [0.1, 0.15) is 18.9 Å². The maximum absolute atomic E-state index is 13.1. The number of nitrogens with one attached hydrogen (secondary N) is 2. The van der Waals surface area contributed by atoms with Crippen molar-refractivity contribution in [1.29, 1.82) is 0 Å². The summed E-state index contributed by atoms with van der Waals surface area (Å²) in [5.74, 6) is -0.462. The van der Waals surface area contributed by atoms with Crippen LogP contribution in [0.2, 0.25) is 0 Å². The second-order valence-corrected chi connectivity index (χ2v) is 7.82. The lowest BCUT2D eigenvalue weighted by Gasteiger charge is -2.28. The van der Waals surface area contributed by atoms with Gasteiger partial charge in [-0.2, -0.15) is 4.72 Å². The van der Waals surface area contributed by atoms with E-state index in [1.54, 1.807) is 0 Å². The van der Waals surface area contributed by atoms with Crippen LogP contribution < -0.4 is 9.62 Å². The molecule has 0 amide bonds. The minimum absolute atomic E-state index is 0.0619. The molecule has 1 atom stereocenters. The molecular formula is C18H22FN2O3S+. The molecular weight excluding hydrogens is 343 g/mol. The summed E-state index contributed by atoms with van der Waals surface area (Å²) in [6.07, 6.45) is 0. The van der Waals surface area contributed by atoms with E-state index >= 15 is 0 Å². The van der Waals surface area contributed by atoms with E-state index in [0.717, 1.165) is 30.8 Å². The lowest BCUT2D eigenvalue weighted by molar-refractivity contribution is -0.909. The molecule has 0 bridgehead atoms. The van der Waals surface area contributed by atoms with E-state index in [1.165, 1.54) is 17.0 Å². The van der Waals surface area contributed by atoms with Crippen molar-refractivity contribution in [3.8, 4) is 0 Å². The molecule has 2 aromatic carbocycles. The van der Waals surface area contributed by atoms with Crippen LogP contribution in [-0.4, -0.2) is 41.3 Å². The zero-order valence-electron chi connectivity index (χ0n) is 13.8. The SMILES string of the molecule is O=S(=O)(N[C@H](C[NH+]1CCOCC1)c1ccccc1)c1ccc(F)cc1. The largest absolute Gasteiger partial charge is 0.370 e. The van der Waals surface area contributed by atoms with Crippen LogP contribution in [0.4, 0.5) is 4.39 Å². The fourth-order valence-electron chi connectivity index (χ4n) is 2.93. The van der Waals surface area contributed by atoms with Gasteiger partial charge in [-0.3, -0.25) is 0 Å². The fourth-order valence-corrected chi connectivity index (χ4v) is 4.16. The molecule has 7 heteroatoms. The number of halogens is 1. The molecule has 3 rings (SSSR count). The van der Waals surface area contributed by atoms with Crippen molar-refractivity contribution in [3.05, 3.63) is 66.0 Å². The predicted octanol–water partition coefficient (Wildman–Crippen LogP) is 0.760. The zero-order chi connectivity index (χ0) is 17.7. The van der Waals surface area contributed by atoms with Crippen LogP contribution in [-0.2, 0) is 14.8 Å². The third kappa shape index (κ3) is 4.85. The maximum Gasteiger partial charge on any atom is 0.241 e. The van der Waals surface area contributed by atoms with Crippen molar-refractivity contribution in [2.24, 2.45) is 0 Å². The van der Waals surface area contributed by atoms with Crippen LogP contribution >= 0.6 is 0 Å². The molecule has 1 fully saturated rings. The van der Waals surface area contributed by atoms with Crippen molar-refractivity contribution in [2.45, 2.75) is 10.9 Å². The second kappa shape index (κ2) is 8.05. The number of hydrogen-bond acceptors (Lipinski definition) is 3. The molecule has 0 aliphatic carbocycles. The Morgan fingerprint density at radius 1 is 1.04 bits per heavy atom. The number of quaternary nitrogens is 1. The predicted molar refractivity (Wildman–Crippen MR) is 92.3 cm³/mol. The van der Waals surface area contributed by atoms with Crippen molar-refractivity contribution < 1.29 is 22.4 Å². The highest BCUT2D eigenvalue weighted by molar-refractivity contribution is 7.89. The molecule has 2 N–H and O–H groups in total. The molecule has 5 nitrogen and oxygen atoms in total. The number of morpholine rings is 1. The molecule has 0 unspecified atom stereocenters. The first-order valence-electron chi connectivity index (χ1n) is 8.29. The van der Waals surface area contributed by atoms with E-state index in [2.05, 4.69) is 4.72 Å². The summed E-state index contributed by atoms with van der Waals surface area (Å²) in [7, 11) is -3.74. The first kappa shape index (κ1) is 18.0. The first-order valence-corrected chi connectivity index (χ1v) is 9.77. The van der Waals surface area contributed by atoms with E-state index < -0.39 is 15.8 Å². The van der Waals surface area contributed by atoms with Gasteiger partial charge in [0.2, 0.25) is 10.0 Å². The number of benzene rings is 2. The monoisotopic (exact) mass is 365 g/mol. The average molecular weight is 365 g/mol. The van der Waals surface area contributed by atoms with Crippen LogP contribution in [0.25, 0.3) is 0 Å². The Balaban J connectivity index is 1.82. The second-order valence-electron chi connectivity index (χ2n) is 6.10. The summed E-state index contributed by atoms with van der Waals surface area (Å²) in [5, 5.41) is 0. The molecule has 0 radical (unpaired) electrons. The summed E-state index contributed by atoms with van der Waals surface area (Å²) < 4.78 is 46.6. The van der Waals surface area contributed by atoms with Gasteiger partial charge in [0.25, 0.3) is 0 Å². The smallest absolute Gasteiger partial charge is 0.241 e. The van der Waals surface area contributed by atoms with Crippen LogP contribution in [0.3, 0.4) is 0 Å². The lowest BCUT2D eigenvalue weighted by Crippen LogP contribution is -3.14. The third-order valence-corrected chi connectivity index (χ3v) is 5.80. The molecule has 1 heterocycles. The summed E-state index contributed by atoms with van der Waals surface area (Å²) in [6.45, 7) is 3.69. The van der Waals surface area contributed by atoms with E-state index in [0.29, 0.717) is 19.8 Å². The Kier molecular flexibility index (Phi) is 5.80. The number of hydrogen-bond donors (Lipinski definition) is 2. The number of ether oxygens (including phenoxy) is 1. The Morgan fingerprint density at radius 2 is 1.68 bits per heavy atom. The Hall–Kier alpha value is -1.80. The van der Waals surface area contributed by atoms with Gasteiger partial charge in [-0.05, 0) is 29.8 Å². The molecule has 2 aromatic rings. The van der Waals surface area contributed by atoms with Crippen molar-refractivity contribution in [1.82, 2.24) is 4.72 Å². The highest BCUT2D eigenvalue weighted by Crippen LogP contribution is 2.17. The maximum atomic E-state index is 13.1. The van der Waals surface area contributed by atoms with E-state index in [-0.39, 0.29) is 10.9 Å². The van der Waals surface area contributed by atoms with Crippen molar-refractivity contribution in [3.63, 3.8) is 0 Å². The Morgan fingerprint density at radius 3 is 2.32 bits per heavy atom. The summed E-state index contributed by atoms with van der Waals surface area (Å²) in [6, 6.07) is 14.0. The molecule has 0 spiro atoms. The molecule has 1 aliphatic rings. The van der Waals surface area contributed by atoms with Gasteiger partial charge in [0.05, 0.1) is 30.7 Å². The molecule has 0 aromatic heterocycles. The van der Waals surface area contributed by atoms with Gasteiger partial charge < -0.3 is 9.64 Å². The fraction of sp³-hybridized carbons (Fsp3) is 0.333. The minimum atomic E-state index is -3.74. The zero-order valence-corrected chi connectivity index (χ0v) is 14.6. The highest BCUT2D eigenvalue weighted by atomic mass is 32.2.